The van der Waals surface area contributed by atoms with E-state index in [-0.39, 0.29) is 17.3 Å². The second kappa shape index (κ2) is 8.88. The third-order valence-electron chi connectivity index (χ3n) is 3.49. The first-order valence-electron chi connectivity index (χ1n) is 8.01. The highest BCUT2D eigenvalue weighted by molar-refractivity contribution is 7.92. The number of amides is 1. The van der Waals surface area contributed by atoms with Crippen molar-refractivity contribution in [1.29, 1.82) is 0 Å². The molecule has 0 aliphatic heterocycles. The fourth-order valence-electron chi connectivity index (χ4n) is 2.27. The van der Waals surface area contributed by atoms with Gasteiger partial charge in [0.25, 0.3) is 0 Å². The standard InChI is InChI=1S/C18H19ClN2O5S/c1-3-26-18(23)13-8-10-14(11-9-13)20-17(22)12-21(27(2,24)25)16-7-5-4-6-15(16)19/h4-11H,3,12H2,1-2H3,(H,20,22). The molecule has 9 heteroatoms. The molecule has 0 saturated carbocycles. The maximum Gasteiger partial charge on any atom is 0.338 e. The monoisotopic (exact) mass is 410 g/mol. The first-order valence-corrected chi connectivity index (χ1v) is 10.2. The van der Waals surface area contributed by atoms with E-state index >= 15 is 0 Å². The van der Waals surface area contributed by atoms with Crippen molar-refractivity contribution in [2.45, 2.75) is 6.92 Å². The Morgan fingerprint density at radius 2 is 1.74 bits per heavy atom. The van der Waals surface area contributed by atoms with Crippen LogP contribution in [-0.2, 0) is 19.6 Å². The van der Waals surface area contributed by atoms with Gasteiger partial charge < -0.3 is 10.1 Å². The first-order chi connectivity index (χ1) is 12.7. The van der Waals surface area contributed by atoms with Gasteiger partial charge in [0.2, 0.25) is 15.9 Å². The third-order valence-corrected chi connectivity index (χ3v) is 4.93. The molecule has 0 radical (unpaired) electrons. The number of anilines is 2. The van der Waals surface area contributed by atoms with Crippen LogP contribution in [0.5, 0.6) is 0 Å². The van der Waals surface area contributed by atoms with Crippen LogP contribution < -0.4 is 9.62 Å². The second-order valence-corrected chi connectivity index (χ2v) is 7.88. The summed E-state index contributed by atoms with van der Waals surface area (Å²) in [5.74, 6) is -1.01. The highest BCUT2D eigenvalue weighted by atomic mass is 35.5. The van der Waals surface area contributed by atoms with E-state index < -0.39 is 28.4 Å². The Bertz CT molecular complexity index is 929. The number of benzene rings is 2. The molecule has 2 aromatic carbocycles. The summed E-state index contributed by atoms with van der Waals surface area (Å²) < 4.78 is 30.0. The molecule has 0 fully saturated rings. The molecule has 2 rings (SSSR count). The number of ether oxygens (including phenoxy) is 1. The molecule has 0 spiro atoms. The lowest BCUT2D eigenvalue weighted by Gasteiger charge is -2.22. The van der Waals surface area contributed by atoms with Crippen LogP contribution >= 0.6 is 11.6 Å². The number of para-hydroxylation sites is 1. The van der Waals surface area contributed by atoms with Gasteiger partial charge in [-0.15, -0.1) is 0 Å². The average Bonchev–Trinajstić information content (AvgIpc) is 2.60. The Morgan fingerprint density at radius 1 is 1.11 bits per heavy atom. The molecule has 0 heterocycles. The summed E-state index contributed by atoms with van der Waals surface area (Å²) in [6, 6.07) is 12.4. The Kier molecular flexibility index (Phi) is 6.81. The SMILES string of the molecule is CCOC(=O)c1ccc(NC(=O)CN(c2ccccc2Cl)S(C)(=O)=O)cc1. The lowest BCUT2D eigenvalue weighted by atomic mass is 10.2. The molecule has 1 N–H and O–H groups in total. The maximum absolute atomic E-state index is 12.3. The summed E-state index contributed by atoms with van der Waals surface area (Å²) in [6.45, 7) is 1.53. The lowest BCUT2D eigenvalue weighted by molar-refractivity contribution is -0.114. The minimum absolute atomic E-state index is 0.217. The fourth-order valence-corrected chi connectivity index (χ4v) is 3.43. The summed E-state index contributed by atoms with van der Waals surface area (Å²) in [5, 5.41) is 2.81. The van der Waals surface area contributed by atoms with Crippen LogP contribution in [0, 0.1) is 0 Å². The van der Waals surface area contributed by atoms with Crippen molar-refractivity contribution in [2.24, 2.45) is 0 Å². The largest absolute Gasteiger partial charge is 0.462 e. The van der Waals surface area contributed by atoms with E-state index in [1.54, 1.807) is 25.1 Å². The summed E-state index contributed by atoms with van der Waals surface area (Å²) in [6.07, 6.45) is 0.998. The second-order valence-electron chi connectivity index (χ2n) is 5.57. The van der Waals surface area contributed by atoms with Gasteiger partial charge in [-0.1, -0.05) is 23.7 Å². The van der Waals surface area contributed by atoms with E-state index in [0.29, 0.717) is 11.3 Å². The van der Waals surface area contributed by atoms with Crippen molar-refractivity contribution < 1.29 is 22.7 Å². The number of halogens is 1. The number of nitrogens with one attached hydrogen (secondary N) is 1. The van der Waals surface area contributed by atoms with Gasteiger partial charge in [0.15, 0.2) is 0 Å². The van der Waals surface area contributed by atoms with Crippen LogP contribution in [0.1, 0.15) is 17.3 Å². The molecule has 0 aliphatic carbocycles. The minimum atomic E-state index is -3.73. The topological polar surface area (TPSA) is 92.8 Å². The van der Waals surface area contributed by atoms with E-state index in [2.05, 4.69) is 5.32 Å². The van der Waals surface area contributed by atoms with Crippen LogP contribution in [-0.4, -0.2) is 39.7 Å². The van der Waals surface area contributed by atoms with Gasteiger partial charge >= 0.3 is 5.97 Å². The number of nitrogens with zero attached hydrogens (tertiary/aromatic N) is 1. The predicted molar refractivity (Wildman–Crippen MR) is 105 cm³/mol. The van der Waals surface area contributed by atoms with Gasteiger partial charge in [-0.3, -0.25) is 9.10 Å². The smallest absolute Gasteiger partial charge is 0.338 e. The minimum Gasteiger partial charge on any atom is -0.462 e. The fraction of sp³-hybridized carbons (Fsp3) is 0.222. The Labute approximate surface area is 162 Å². The summed E-state index contributed by atoms with van der Waals surface area (Å²) in [5.41, 5.74) is 0.985. The number of carbonyl (C=O) groups excluding carboxylic acids is 2. The Morgan fingerprint density at radius 3 is 2.30 bits per heavy atom. The average molecular weight is 411 g/mol. The van der Waals surface area contributed by atoms with Gasteiger partial charge in [-0.05, 0) is 43.3 Å². The van der Waals surface area contributed by atoms with Crippen LogP contribution in [0.15, 0.2) is 48.5 Å². The Hall–Kier alpha value is -2.58. The normalized spacial score (nSPS) is 10.9. The van der Waals surface area contributed by atoms with E-state index in [1.165, 1.54) is 30.3 Å². The number of esters is 1. The van der Waals surface area contributed by atoms with Crippen LogP contribution in [0.2, 0.25) is 5.02 Å². The predicted octanol–water partition coefficient (Wildman–Crippen LogP) is 2.92. The zero-order chi connectivity index (χ0) is 20.0. The summed E-state index contributed by atoms with van der Waals surface area (Å²) in [4.78, 5) is 24.0. The zero-order valence-electron chi connectivity index (χ0n) is 14.8. The molecule has 0 bridgehead atoms. The number of hydrogen-bond acceptors (Lipinski definition) is 5. The van der Waals surface area contributed by atoms with Crippen molar-refractivity contribution in [3.8, 4) is 0 Å². The quantitative estimate of drug-likeness (QED) is 0.708. The number of carbonyl (C=O) groups is 2. The molecular weight excluding hydrogens is 392 g/mol. The maximum atomic E-state index is 12.3. The van der Waals surface area contributed by atoms with Crippen molar-refractivity contribution >= 4 is 44.9 Å². The van der Waals surface area contributed by atoms with Gasteiger partial charge in [0.1, 0.15) is 6.54 Å². The highest BCUT2D eigenvalue weighted by Gasteiger charge is 2.22. The van der Waals surface area contributed by atoms with E-state index in [4.69, 9.17) is 16.3 Å². The number of hydrogen-bond donors (Lipinski definition) is 1. The van der Waals surface area contributed by atoms with Gasteiger partial charge in [0.05, 0.1) is 29.1 Å². The van der Waals surface area contributed by atoms with E-state index in [1.807, 2.05) is 0 Å². The first kappa shape index (κ1) is 20.7. The van der Waals surface area contributed by atoms with Crippen molar-refractivity contribution in [3.63, 3.8) is 0 Å². The highest BCUT2D eigenvalue weighted by Crippen LogP contribution is 2.27. The van der Waals surface area contributed by atoms with E-state index in [9.17, 15) is 18.0 Å². The lowest BCUT2D eigenvalue weighted by Crippen LogP contribution is -2.37. The molecular formula is C18H19ClN2O5S. The molecule has 27 heavy (non-hydrogen) atoms. The Balaban J connectivity index is 2.13. The summed E-state index contributed by atoms with van der Waals surface area (Å²) in [7, 11) is -3.73. The number of rotatable bonds is 7. The molecule has 144 valence electrons. The van der Waals surface area contributed by atoms with Crippen LogP contribution in [0.3, 0.4) is 0 Å². The third kappa shape index (κ3) is 5.70. The van der Waals surface area contributed by atoms with Crippen LogP contribution in [0.4, 0.5) is 11.4 Å². The van der Waals surface area contributed by atoms with Crippen molar-refractivity contribution in [3.05, 3.63) is 59.1 Å². The van der Waals surface area contributed by atoms with Crippen LogP contribution in [0.25, 0.3) is 0 Å². The zero-order valence-corrected chi connectivity index (χ0v) is 16.4. The van der Waals surface area contributed by atoms with Crippen molar-refractivity contribution in [2.75, 3.05) is 29.0 Å². The molecule has 0 atom stereocenters. The molecule has 0 aliphatic rings. The summed E-state index contributed by atoms with van der Waals surface area (Å²) >= 11 is 6.06. The van der Waals surface area contributed by atoms with Gasteiger partial charge in [-0.25, -0.2) is 13.2 Å². The van der Waals surface area contributed by atoms with E-state index in [0.717, 1.165) is 10.6 Å². The molecule has 0 aromatic heterocycles. The van der Waals surface area contributed by atoms with Gasteiger partial charge in [-0.2, -0.15) is 0 Å². The molecule has 1 amide bonds. The molecule has 2 aromatic rings. The van der Waals surface area contributed by atoms with Crippen molar-refractivity contribution in [1.82, 2.24) is 0 Å². The number of sulfonamides is 1. The van der Waals surface area contributed by atoms with Gasteiger partial charge in [0, 0.05) is 5.69 Å². The molecule has 0 unspecified atom stereocenters. The molecule has 7 nitrogen and oxygen atoms in total. The molecule has 0 saturated heterocycles.